The van der Waals surface area contributed by atoms with Gasteiger partial charge in [-0.15, -0.1) is 10.2 Å². The summed E-state index contributed by atoms with van der Waals surface area (Å²) in [6.07, 6.45) is 1.25. The van der Waals surface area contributed by atoms with E-state index in [1.54, 1.807) is 12.1 Å². The summed E-state index contributed by atoms with van der Waals surface area (Å²) in [5.74, 6) is -0.634. The topological polar surface area (TPSA) is 84.0 Å². The van der Waals surface area contributed by atoms with Crippen molar-refractivity contribution in [1.29, 1.82) is 0 Å². The Hall–Kier alpha value is -3.84. The van der Waals surface area contributed by atoms with E-state index >= 15 is 0 Å². The van der Waals surface area contributed by atoms with Gasteiger partial charge in [0.25, 0.3) is 5.91 Å². The van der Waals surface area contributed by atoms with Crippen LogP contribution in [0.4, 0.5) is 5.13 Å². The number of amides is 2. The number of nitrogens with one attached hydrogen (secondary N) is 2. The molecule has 4 rings (SSSR count). The van der Waals surface area contributed by atoms with Gasteiger partial charge in [0, 0.05) is 17.5 Å². The maximum Gasteiger partial charge on any atom is 0.251 e. The summed E-state index contributed by atoms with van der Waals surface area (Å²) in [5.41, 5.74) is 4.71. The number of hydrogen-bond donors (Lipinski definition) is 2. The van der Waals surface area contributed by atoms with Crippen LogP contribution in [-0.2, 0) is 17.6 Å². The average Bonchev–Trinajstić information content (AvgIpc) is 3.33. The van der Waals surface area contributed by atoms with Crippen LogP contribution in [0.3, 0.4) is 0 Å². The minimum Gasteiger partial charge on any atom is -0.340 e. The molecule has 1 unspecified atom stereocenters. The minimum absolute atomic E-state index is 0.295. The molecule has 7 heteroatoms. The third-order valence-electron chi connectivity index (χ3n) is 5.48. The number of hydrogen-bond acceptors (Lipinski definition) is 5. The van der Waals surface area contributed by atoms with E-state index in [4.69, 9.17) is 0 Å². The quantitative estimate of drug-likeness (QED) is 0.377. The number of aromatic nitrogens is 2. The van der Waals surface area contributed by atoms with Crippen LogP contribution in [0, 0.1) is 6.92 Å². The fraction of sp³-hybridized carbons (Fsp3) is 0.185. The second kappa shape index (κ2) is 10.9. The van der Waals surface area contributed by atoms with Gasteiger partial charge in [-0.3, -0.25) is 14.9 Å². The highest BCUT2D eigenvalue weighted by Crippen LogP contribution is 2.26. The molecule has 172 valence electrons. The summed E-state index contributed by atoms with van der Waals surface area (Å²) in [6, 6.07) is 24.2. The van der Waals surface area contributed by atoms with Crippen LogP contribution in [0.5, 0.6) is 0 Å². The second-order valence-corrected chi connectivity index (χ2v) is 9.01. The van der Waals surface area contributed by atoms with E-state index < -0.39 is 6.04 Å². The summed E-state index contributed by atoms with van der Waals surface area (Å²) in [5, 5.41) is 15.2. The number of nitrogens with zero attached hydrogens (tertiary/aromatic N) is 2. The lowest BCUT2D eigenvalue weighted by atomic mass is 10.0. The molecule has 0 saturated heterocycles. The van der Waals surface area contributed by atoms with Crippen LogP contribution in [0.1, 0.15) is 34.0 Å². The summed E-state index contributed by atoms with van der Waals surface area (Å²) < 4.78 is 0. The Morgan fingerprint density at radius 2 is 1.59 bits per heavy atom. The van der Waals surface area contributed by atoms with Crippen LogP contribution in [0.25, 0.3) is 10.6 Å². The molecule has 6 nitrogen and oxygen atoms in total. The van der Waals surface area contributed by atoms with Crippen molar-refractivity contribution in [3.05, 3.63) is 101 Å². The van der Waals surface area contributed by atoms with Crippen molar-refractivity contribution < 1.29 is 9.59 Å². The number of anilines is 1. The number of carbonyl (C=O) groups excluding carboxylic acids is 2. The first-order valence-electron chi connectivity index (χ1n) is 11.2. The standard InChI is InChI=1S/C27H26N4O2S/c1-3-19-11-15-21(16-12-19)24(32)28-23(17-20-7-5-4-6-8-20)25(33)29-27-31-30-26(34-27)22-13-9-18(2)10-14-22/h4-16,23H,3,17H2,1-2H3,(H,28,32)(H,29,31,33). The lowest BCUT2D eigenvalue weighted by Gasteiger charge is -2.18. The van der Waals surface area contributed by atoms with Gasteiger partial charge in [0.2, 0.25) is 11.0 Å². The molecule has 1 heterocycles. The van der Waals surface area contributed by atoms with Crippen molar-refractivity contribution in [1.82, 2.24) is 15.5 Å². The van der Waals surface area contributed by atoms with Crippen molar-refractivity contribution in [3.63, 3.8) is 0 Å². The molecular weight excluding hydrogens is 444 g/mol. The minimum atomic E-state index is -0.771. The van der Waals surface area contributed by atoms with Crippen molar-refractivity contribution in [2.75, 3.05) is 5.32 Å². The van der Waals surface area contributed by atoms with E-state index in [0.717, 1.165) is 33.7 Å². The fourth-order valence-electron chi connectivity index (χ4n) is 3.47. The first-order chi connectivity index (χ1) is 16.5. The molecule has 1 atom stereocenters. The zero-order chi connectivity index (χ0) is 23.9. The van der Waals surface area contributed by atoms with Crippen LogP contribution in [-0.4, -0.2) is 28.1 Å². The number of benzene rings is 3. The Balaban J connectivity index is 1.50. The van der Waals surface area contributed by atoms with Crippen molar-refractivity contribution in [3.8, 4) is 10.6 Å². The number of rotatable bonds is 8. The second-order valence-electron chi connectivity index (χ2n) is 8.03. The van der Waals surface area contributed by atoms with Crippen molar-refractivity contribution >= 4 is 28.3 Å². The molecule has 0 aliphatic rings. The predicted molar refractivity (Wildman–Crippen MR) is 136 cm³/mol. The maximum atomic E-state index is 13.2. The van der Waals surface area contributed by atoms with Crippen molar-refractivity contribution in [2.24, 2.45) is 0 Å². The fourth-order valence-corrected chi connectivity index (χ4v) is 4.22. The lowest BCUT2D eigenvalue weighted by Crippen LogP contribution is -2.45. The van der Waals surface area contributed by atoms with Crippen LogP contribution < -0.4 is 10.6 Å². The smallest absolute Gasteiger partial charge is 0.251 e. The molecule has 1 aromatic heterocycles. The Bertz CT molecular complexity index is 1250. The zero-order valence-electron chi connectivity index (χ0n) is 19.1. The predicted octanol–water partition coefficient (Wildman–Crippen LogP) is 5.06. The van der Waals surface area contributed by atoms with Gasteiger partial charge in [0.15, 0.2) is 0 Å². The number of carbonyl (C=O) groups is 2. The maximum absolute atomic E-state index is 13.2. The van der Waals surface area contributed by atoms with Gasteiger partial charge in [0.1, 0.15) is 11.0 Å². The van der Waals surface area contributed by atoms with Crippen LogP contribution >= 0.6 is 11.3 Å². The van der Waals surface area contributed by atoms with Gasteiger partial charge in [-0.2, -0.15) is 0 Å². The number of aryl methyl sites for hydroxylation is 2. The van der Waals surface area contributed by atoms with Crippen molar-refractivity contribution in [2.45, 2.75) is 32.7 Å². The van der Waals surface area contributed by atoms with E-state index in [9.17, 15) is 9.59 Å². The van der Waals surface area contributed by atoms with Gasteiger partial charge in [0.05, 0.1) is 0 Å². The lowest BCUT2D eigenvalue weighted by molar-refractivity contribution is -0.118. The first kappa shape index (κ1) is 23.3. The summed E-state index contributed by atoms with van der Waals surface area (Å²) in [7, 11) is 0. The molecular formula is C27H26N4O2S. The van der Waals surface area contributed by atoms with Gasteiger partial charge in [-0.05, 0) is 36.6 Å². The highest BCUT2D eigenvalue weighted by Gasteiger charge is 2.23. The van der Waals surface area contributed by atoms with Crippen LogP contribution in [0.2, 0.25) is 0 Å². The zero-order valence-corrected chi connectivity index (χ0v) is 19.9. The molecule has 34 heavy (non-hydrogen) atoms. The molecule has 0 aliphatic heterocycles. The van der Waals surface area contributed by atoms with E-state index in [1.807, 2.05) is 73.7 Å². The molecule has 0 saturated carbocycles. The SMILES string of the molecule is CCc1ccc(C(=O)NC(Cc2ccccc2)C(=O)Nc2nnc(-c3ccc(C)cc3)s2)cc1. The first-order valence-corrected chi connectivity index (χ1v) is 12.0. The highest BCUT2D eigenvalue weighted by atomic mass is 32.1. The molecule has 0 spiro atoms. The monoisotopic (exact) mass is 470 g/mol. The van der Waals surface area contributed by atoms with Gasteiger partial charge in [-0.1, -0.05) is 90.6 Å². The normalized spacial score (nSPS) is 11.6. The highest BCUT2D eigenvalue weighted by molar-refractivity contribution is 7.18. The molecule has 2 amide bonds. The Morgan fingerprint density at radius 1 is 0.882 bits per heavy atom. The Labute approximate surface area is 203 Å². The van der Waals surface area contributed by atoms with Gasteiger partial charge >= 0.3 is 0 Å². The van der Waals surface area contributed by atoms with Gasteiger partial charge < -0.3 is 5.32 Å². The summed E-state index contributed by atoms with van der Waals surface area (Å²) in [4.78, 5) is 26.1. The van der Waals surface area contributed by atoms with Crippen LogP contribution in [0.15, 0.2) is 78.9 Å². The van der Waals surface area contributed by atoms with E-state index in [0.29, 0.717) is 17.1 Å². The molecule has 4 aromatic rings. The molecule has 2 N–H and O–H groups in total. The van der Waals surface area contributed by atoms with Gasteiger partial charge in [-0.25, -0.2) is 0 Å². The van der Waals surface area contributed by atoms with E-state index in [2.05, 4.69) is 27.8 Å². The summed E-state index contributed by atoms with van der Waals surface area (Å²) >= 11 is 1.30. The Morgan fingerprint density at radius 3 is 2.26 bits per heavy atom. The average molecular weight is 471 g/mol. The molecule has 0 bridgehead atoms. The summed E-state index contributed by atoms with van der Waals surface area (Å²) in [6.45, 7) is 4.09. The third-order valence-corrected chi connectivity index (χ3v) is 6.37. The third kappa shape index (κ3) is 5.94. The molecule has 3 aromatic carbocycles. The molecule has 0 fully saturated rings. The largest absolute Gasteiger partial charge is 0.340 e. The molecule has 0 aliphatic carbocycles. The van der Waals surface area contributed by atoms with E-state index in [1.165, 1.54) is 11.3 Å². The Kier molecular flexibility index (Phi) is 7.44. The van der Waals surface area contributed by atoms with E-state index in [-0.39, 0.29) is 11.8 Å². The molecule has 0 radical (unpaired) electrons.